The van der Waals surface area contributed by atoms with Crippen molar-refractivity contribution in [3.63, 3.8) is 0 Å². The fourth-order valence-electron chi connectivity index (χ4n) is 2.75. The van der Waals surface area contributed by atoms with Crippen molar-refractivity contribution in [2.75, 3.05) is 5.32 Å². The lowest BCUT2D eigenvalue weighted by molar-refractivity contribution is -0.142. The number of carbonyl (C=O) groups excluding carboxylic acids is 1. The number of benzene rings is 1. The summed E-state index contributed by atoms with van der Waals surface area (Å²) in [4.78, 5) is 26.5. The van der Waals surface area contributed by atoms with Gasteiger partial charge in [-0.3, -0.25) is 4.79 Å². The third-order valence-corrected chi connectivity index (χ3v) is 3.71. The number of fused-ring (bicyclic) bond motifs is 1. The molecule has 0 bridgehead atoms. The van der Waals surface area contributed by atoms with Crippen molar-refractivity contribution in [1.82, 2.24) is 4.98 Å². The first-order chi connectivity index (χ1) is 9.91. The summed E-state index contributed by atoms with van der Waals surface area (Å²) in [6.07, 6.45) is 1.73. The van der Waals surface area contributed by atoms with E-state index in [2.05, 4.69) is 10.3 Å². The van der Waals surface area contributed by atoms with Gasteiger partial charge in [-0.2, -0.15) is 0 Å². The van der Waals surface area contributed by atoms with Gasteiger partial charge in [0.15, 0.2) is 0 Å². The van der Waals surface area contributed by atoms with Crippen LogP contribution in [0.1, 0.15) is 20.8 Å². The van der Waals surface area contributed by atoms with E-state index < -0.39 is 17.9 Å². The molecule has 2 atom stereocenters. The number of hydrogen-bond donors (Lipinski definition) is 3. The predicted molar refractivity (Wildman–Crippen MR) is 82.4 cm³/mol. The number of anilines is 1. The second kappa shape index (κ2) is 5.99. The SMILES string of the molecule is CC(=O)C(C(C)C)[C@H](Nc1c[nH]c2ccccc12)C(=O)O. The van der Waals surface area contributed by atoms with Crippen LogP contribution in [0.25, 0.3) is 10.9 Å². The molecule has 1 aromatic carbocycles. The van der Waals surface area contributed by atoms with Crippen molar-refractivity contribution in [3.8, 4) is 0 Å². The topological polar surface area (TPSA) is 82.2 Å². The number of nitrogens with one attached hydrogen (secondary N) is 2. The minimum atomic E-state index is -1.02. The van der Waals surface area contributed by atoms with E-state index in [1.165, 1.54) is 6.92 Å². The number of H-pyrrole nitrogens is 1. The molecule has 0 saturated heterocycles. The first kappa shape index (κ1) is 15.1. The van der Waals surface area contributed by atoms with Gasteiger partial charge < -0.3 is 15.4 Å². The Morgan fingerprint density at radius 2 is 1.90 bits per heavy atom. The number of carbonyl (C=O) groups is 2. The van der Waals surface area contributed by atoms with Crippen molar-refractivity contribution < 1.29 is 14.7 Å². The molecule has 1 heterocycles. The van der Waals surface area contributed by atoms with Crippen molar-refractivity contribution >= 4 is 28.3 Å². The molecule has 5 nitrogen and oxygen atoms in total. The summed E-state index contributed by atoms with van der Waals surface area (Å²) < 4.78 is 0. The summed E-state index contributed by atoms with van der Waals surface area (Å²) >= 11 is 0. The molecule has 1 aromatic heterocycles. The number of carboxylic acids is 1. The number of carboxylic acid groups (broad SMARTS) is 1. The van der Waals surface area contributed by atoms with Crippen LogP contribution in [0.5, 0.6) is 0 Å². The van der Waals surface area contributed by atoms with Crippen LogP contribution in [0.3, 0.4) is 0 Å². The lowest BCUT2D eigenvalue weighted by Crippen LogP contribution is -2.42. The Balaban J connectivity index is 2.36. The molecule has 0 spiro atoms. The summed E-state index contributed by atoms with van der Waals surface area (Å²) in [5.74, 6) is -1.77. The summed E-state index contributed by atoms with van der Waals surface area (Å²) in [5.41, 5.74) is 1.62. The molecule has 0 radical (unpaired) electrons. The van der Waals surface area contributed by atoms with Crippen LogP contribution in [-0.2, 0) is 9.59 Å². The van der Waals surface area contributed by atoms with Gasteiger partial charge >= 0.3 is 5.97 Å². The number of para-hydroxylation sites is 1. The minimum Gasteiger partial charge on any atom is -0.480 e. The second-order valence-corrected chi connectivity index (χ2v) is 5.59. The number of aromatic amines is 1. The smallest absolute Gasteiger partial charge is 0.326 e. The summed E-state index contributed by atoms with van der Waals surface area (Å²) in [7, 11) is 0. The van der Waals surface area contributed by atoms with Gasteiger partial charge in [-0.05, 0) is 18.9 Å². The standard InChI is InChI=1S/C16H20N2O3/c1-9(2)14(10(3)19)15(16(20)21)18-13-8-17-12-7-5-4-6-11(12)13/h4-9,14-15,17-18H,1-3H3,(H,20,21)/t14?,15-/m0/s1. The van der Waals surface area contributed by atoms with Crippen LogP contribution in [0.2, 0.25) is 0 Å². The van der Waals surface area contributed by atoms with E-state index in [1.807, 2.05) is 38.1 Å². The second-order valence-electron chi connectivity index (χ2n) is 5.59. The Labute approximate surface area is 123 Å². The van der Waals surface area contributed by atoms with Gasteiger partial charge in [0, 0.05) is 17.1 Å². The Kier molecular flexibility index (Phi) is 4.31. The maximum atomic E-state index is 11.8. The molecule has 5 heteroatoms. The van der Waals surface area contributed by atoms with Gasteiger partial charge in [-0.25, -0.2) is 4.79 Å². The lowest BCUT2D eigenvalue weighted by atomic mass is 9.85. The lowest BCUT2D eigenvalue weighted by Gasteiger charge is -2.26. The van der Waals surface area contributed by atoms with E-state index in [-0.39, 0.29) is 11.7 Å². The zero-order valence-corrected chi connectivity index (χ0v) is 12.4. The van der Waals surface area contributed by atoms with Crippen LogP contribution < -0.4 is 5.32 Å². The number of ketones is 1. The average Bonchev–Trinajstić information content (AvgIpc) is 2.80. The third kappa shape index (κ3) is 3.07. The van der Waals surface area contributed by atoms with Crippen molar-refractivity contribution in [2.45, 2.75) is 26.8 Å². The normalized spacial score (nSPS) is 14.1. The fraction of sp³-hybridized carbons (Fsp3) is 0.375. The van der Waals surface area contributed by atoms with Gasteiger partial charge in [-0.1, -0.05) is 32.0 Å². The molecule has 1 unspecified atom stereocenters. The van der Waals surface area contributed by atoms with Gasteiger partial charge in [-0.15, -0.1) is 0 Å². The van der Waals surface area contributed by atoms with Gasteiger partial charge in [0.2, 0.25) is 0 Å². The van der Waals surface area contributed by atoms with Crippen molar-refractivity contribution in [2.24, 2.45) is 11.8 Å². The van der Waals surface area contributed by atoms with Crippen molar-refractivity contribution in [3.05, 3.63) is 30.5 Å². The van der Waals surface area contributed by atoms with Gasteiger partial charge in [0.25, 0.3) is 0 Å². The Morgan fingerprint density at radius 1 is 1.24 bits per heavy atom. The van der Waals surface area contributed by atoms with Crippen LogP contribution in [-0.4, -0.2) is 27.9 Å². The molecule has 0 amide bonds. The number of aromatic nitrogens is 1. The van der Waals surface area contributed by atoms with Gasteiger partial charge in [0.1, 0.15) is 11.8 Å². The zero-order valence-electron chi connectivity index (χ0n) is 12.4. The summed E-state index contributed by atoms with van der Waals surface area (Å²) in [6, 6.07) is 6.68. The maximum Gasteiger partial charge on any atom is 0.326 e. The molecule has 3 N–H and O–H groups in total. The van der Waals surface area contributed by atoms with E-state index in [0.29, 0.717) is 5.69 Å². The van der Waals surface area contributed by atoms with E-state index in [4.69, 9.17) is 0 Å². The zero-order chi connectivity index (χ0) is 15.6. The number of aliphatic carboxylic acids is 1. The highest BCUT2D eigenvalue weighted by Crippen LogP contribution is 2.26. The van der Waals surface area contributed by atoms with Crippen LogP contribution in [0, 0.1) is 11.8 Å². The number of Topliss-reactive ketones (excluding diaryl/α,β-unsaturated/α-hetero) is 1. The van der Waals surface area contributed by atoms with Crippen LogP contribution >= 0.6 is 0 Å². The highest BCUT2D eigenvalue weighted by Gasteiger charge is 2.34. The predicted octanol–water partition coefficient (Wildman–Crippen LogP) is 2.89. The highest BCUT2D eigenvalue weighted by molar-refractivity contribution is 5.95. The third-order valence-electron chi connectivity index (χ3n) is 3.71. The molecule has 21 heavy (non-hydrogen) atoms. The Bertz CT molecular complexity index is 660. The molecule has 0 fully saturated rings. The molecule has 0 aliphatic rings. The highest BCUT2D eigenvalue weighted by atomic mass is 16.4. The van der Waals surface area contributed by atoms with Crippen molar-refractivity contribution in [1.29, 1.82) is 0 Å². The molecule has 0 saturated carbocycles. The number of hydrogen-bond acceptors (Lipinski definition) is 3. The fourth-order valence-corrected chi connectivity index (χ4v) is 2.75. The van der Waals surface area contributed by atoms with Gasteiger partial charge in [0.05, 0.1) is 11.6 Å². The minimum absolute atomic E-state index is 0.0543. The molecule has 2 rings (SSSR count). The molecule has 2 aromatic rings. The quantitative estimate of drug-likeness (QED) is 0.763. The monoisotopic (exact) mass is 288 g/mol. The molecule has 112 valence electrons. The Morgan fingerprint density at radius 3 is 2.48 bits per heavy atom. The molecule has 0 aliphatic carbocycles. The first-order valence-electron chi connectivity index (χ1n) is 6.97. The first-order valence-corrected chi connectivity index (χ1v) is 6.97. The van der Waals surface area contributed by atoms with Crippen LogP contribution in [0.15, 0.2) is 30.5 Å². The average molecular weight is 288 g/mol. The largest absolute Gasteiger partial charge is 0.480 e. The van der Waals surface area contributed by atoms with E-state index >= 15 is 0 Å². The van der Waals surface area contributed by atoms with Crippen LogP contribution in [0.4, 0.5) is 5.69 Å². The van der Waals surface area contributed by atoms with E-state index in [0.717, 1.165) is 10.9 Å². The number of rotatable bonds is 6. The summed E-state index contributed by atoms with van der Waals surface area (Å²) in [5, 5.41) is 13.4. The molecular formula is C16H20N2O3. The maximum absolute atomic E-state index is 11.8. The molecule has 0 aliphatic heterocycles. The van der Waals surface area contributed by atoms with E-state index in [1.54, 1.807) is 6.20 Å². The summed E-state index contributed by atoms with van der Waals surface area (Å²) in [6.45, 7) is 5.16. The van der Waals surface area contributed by atoms with E-state index in [9.17, 15) is 14.7 Å². The molecular weight excluding hydrogens is 268 g/mol. The Hall–Kier alpha value is -2.30.